The van der Waals surface area contributed by atoms with Crippen LogP contribution in [0, 0.1) is 0 Å². The summed E-state index contributed by atoms with van der Waals surface area (Å²) < 4.78 is 17.4. The first-order valence-electron chi connectivity index (χ1n) is 13.5. The van der Waals surface area contributed by atoms with Crippen molar-refractivity contribution in [3.05, 3.63) is 59.3 Å². The lowest BCUT2D eigenvalue weighted by molar-refractivity contribution is -0.167. The maximum absolute atomic E-state index is 14.2. The molecule has 3 atom stereocenters. The number of benzene rings is 2. The Kier molecular flexibility index (Phi) is 6.10. The largest absolute Gasteiger partial charge is 0.493 e. The molecule has 200 valence electrons. The quantitative estimate of drug-likeness (QED) is 0.531. The first kappa shape index (κ1) is 24.8. The average molecular weight is 518 g/mol. The van der Waals surface area contributed by atoms with Gasteiger partial charge in [0.05, 0.1) is 31.6 Å². The van der Waals surface area contributed by atoms with Gasteiger partial charge in [0, 0.05) is 36.5 Å². The fourth-order valence-corrected chi connectivity index (χ4v) is 6.41. The van der Waals surface area contributed by atoms with Gasteiger partial charge in [-0.1, -0.05) is 24.3 Å². The molecule has 8 heteroatoms. The number of nitrogens with one attached hydrogen (secondary N) is 1. The summed E-state index contributed by atoms with van der Waals surface area (Å²) in [6.45, 7) is 7.48. The van der Waals surface area contributed by atoms with Gasteiger partial charge < -0.3 is 29.0 Å². The molecule has 38 heavy (non-hydrogen) atoms. The molecule has 3 aliphatic heterocycles. The van der Waals surface area contributed by atoms with E-state index in [0.29, 0.717) is 31.2 Å². The van der Waals surface area contributed by atoms with Crippen LogP contribution in [0.1, 0.15) is 56.4 Å². The highest BCUT2D eigenvalue weighted by Gasteiger charge is 2.56. The number of hydrogen-bond acceptors (Lipinski definition) is 5. The first-order valence-corrected chi connectivity index (χ1v) is 13.5. The number of nitrogens with zero attached hydrogens (tertiary/aromatic N) is 2. The highest BCUT2D eigenvalue weighted by Crippen LogP contribution is 2.49. The van der Waals surface area contributed by atoms with E-state index in [2.05, 4.69) is 11.1 Å². The Morgan fingerprint density at radius 2 is 1.97 bits per heavy atom. The third-order valence-corrected chi connectivity index (χ3v) is 8.22. The second-order valence-electron chi connectivity index (χ2n) is 11.0. The SMILES string of the molecule is COc1cc([C@@H]2CN3C(=O)CN(C[C@H]4CCCO4)C(=O)[C@]3(C)c3[nH]c4ccccc4c32)ccc1OC(C)C. The van der Waals surface area contributed by atoms with Crippen molar-refractivity contribution >= 4 is 22.7 Å². The molecule has 0 bridgehead atoms. The number of carbonyl (C=O) groups is 2. The predicted octanol–water partition coefficient (Wildman–Crippen LogP) is 4.17. The zero-order chi connectivity index (χ0) is 26.6. The zero-order valence-corrected chi connectivity index (χ0v) is 22.5. The predicted molar refractivity (Wildman–Crippen MR) is 144 cm³/mol. The fraction of sp³-hybridized carbons (Fsp3) is 0.467. The third-order valence-electron chi connectivity index (χ3n) is 8.22. The number of ether oxygens (including phenoxy) is 3. The minimum Gasteiger partial charge on any atom is -0.493 e. The van der Waals surface area contributed by atoms with Gasteiger partial charge in [-0.2, -0.15) is 0 Å². The molecule has 8 nitrogen and oxygen atoms in total. The Morgan fingerprint density at radius 1 is 1.16 bits per heavy atom. The van der Waals surface area contributed by atoms with Crippen LogP contribution < -0.4 is 9.47 Å². The molecule has 2 aromatic carbocycles. The van der Waals surface area contributed by atoms with Gasteiger partial charge in [0.25, 0.3) is 5.91 Å². The molecule has 0 aliphatic carbocycles. The Labute approximate surface area is 222 Å². The molecule has 3 aliphatic rings. The summed E-state index contributed by atoms with van der Waals surface area (Å²) in [5.74, 6) is 1.08. The highest BCUT2D eigenvalue weighted by molar-refractivity contribution is 6.01. The summed E-state index contributed by atoms with van der Waals surface area (Å²) in [7, 11) is 1.64. The molecule has 0 spiro atoms. The van der Waals surface area contributed by atoms with Crippen LogP contribution in [0.15, 0.2) is 42.5 Å². The van der Waals surface area contributed by atoms with Crippen LogP contribution in [0.4, 0.5) is 0 Å². The van der Waals surface area contributed by atoms with Crippen LogP contribution in [0.25, 0.3) is 10.9 Å². The first-order chi connectivity index (χ1) is 18.3. The zero-order valence-electron chi connectivity index (χ0n) is 22.5. The third kappa shape index (κ3) is 3.85. The summed E-state index contributed by atoms with van der Waals surface area (Å²) in [5, 5.41) is 1.06. The monoisotopic (exact) mass is 517 g/mol. The minimum atomic E-state index is -1.12. The number of aromatic nitrogens is 1. The van der Waals surface area contributed by atoms with E-state index < -0.39 is 5.54 Å². The topological polar surface area (TPSA) is 84.1 Å². The van der Waals surface area contributed by atoms with Crippen LogP contribution in [-0.4, -0.2) is 72.2 Å². The van der Waals surface area contributed by atoms with Crippen molar-refractivity contribution in [2.24, 2.45) is 0 Å². The molecule has 0 saturated carbocycles. The average Bonchev–Trinajstić information content (AvgIpc) is 3.56. The van der Waals surface area contributed by atoms with Gasteiger partial charge in [0.15, 0.2) is 17.0 Å². The number of carbonyl (C=O) groups excluding carboxylic acids is 2. The molecule has 3 aromatic rings. The van der Waals surface area contributed by atoms with Crippen molar-refractivity contribution in [1.29, 1.82) is 0 Å². The summed E-state index contributed by atoms with van der Waals surface area (Å²) in [5.41, 5.74) is 2.68. The maximum Gasteiger partial charge on any atom is 0.255 e. The Hall–Kier alpha value is -3.52. The van der Waals surface area contributed by atoms with Gasteiger partial charge in [0.2, 0.25) is 5.91 Å². The van der Waals surface area contributed by atoms with Gasteiger partial charge in [-0.3, -0.25) is 9.59 Å². The molecule has 2 fully saturated rings. The van der Waals surface area contributed by atoms with E-state index in [1.165, 1.54) is 0 Å². The number of aromatic amines is 1. The number of fused-ring (bicyclic) bond motifs is 5. The van der Waals surface area contributed by atoms with Crippen molar-refractivity contribution in [2.45, 2.75) is 57.3 Å². The van der Waals surface area contributed by atoms with Crippen molar-refractivity contribution in [3.63, 3.8) is 0 Å². The Bertz CT molecular complexity index is 1390. The summed E-state index contributed by atoms with van der Waals surface area (Å²) in [6, 6.07) is 14.1. The van der Waals surface area contributed by atoms with E-state index in [9.17, 15) is 9.59 Å². The lowest BCUT2D eigenvalue weighted by Gasteiger charge is -2.51. The van der Waals surface area contributed by atoms with Crippen molar-refractivity contribution in [1.82, 2.24) is 14.8 Å². The molecule has 2 saturated heterocycles. The number of amides is 2. The minimum absolute atomic E-state index is 0.0138. The second kappa shape index (κ2) is 9.34. The molecule has 4 heterocycles. The number of hydrogen-bond donors (Lipinski definition) is 1. The van der Waals surface area contributed by atoms with Gasteiger partial charge in [-0.05, 0) is 62.9 Å². The lowest BCUT2D eigenvalue weighted by Crippen LogP contribution is -2.68. The van der Waals surface area contributed by atoms with Crippen LogP contribution in [-0.2, 0) is 19.9 Å². The number of H-pyrrole nitrogens is 1. The van der Waals surface area contributed by atoms with E-state index in [1.54, 1.807) is 16.9 Å². The number of para-hydroxylation sites is 1. The number of methoxy groups -OCH3 is 1. The summed E-state index contributed by atoms with van der Waals surface area (Å²) in [4.78, 5) is 34.9. The second-order valence-corrected chi connectivity index (χ2v) is 11.0. The van der Waals surface area contributed by atoms with Gasteiger partial charge in [0.1, 0.15) is 0 Å². The van der Waals surface area contributed by atoms with E-state index in [4.69, 9.17) is 14.2 Å². The molecule has 1 aromatic heterocycles. The van der Waals surface area contributed by atoms with Crippen molar-refractivity contribution in [3.8, 4) is 11.5 Å². The fourth-order valence-electron chi connectivity index (χ4n) is 6.41. The number of rotatable bonds is 6. The Balaban J connectivity index is 1.47. The Morgan fingerprint density at radius 3 is 2.71 bits per heavy atom. The van der Waals surface area contributed by atoms with Gasteiger partial charge in [-0.25, -0.2) is 0 Å². The molecular weight excluding hydrogens is 482 g/mol. The molecule has 2 amide bonds. The molecule has 1 N–H and O–H groups in total. The van der Waals surface area contributed by atoms with E-state index in [-0.39, 0.29) is 36.5 Å². The van der Waals surface area contributed by atoms with Crippen LogP contribution in [0.5, 0.6) is 11.5 Å². The van der Waals surface area contributed by atoms with Crippen LogP contribution in [0.2, 0.25) is 0 Å². The van der Waals surface area contributed by atoms with E-state index in [1.807, 2.05) is 57.2 Å². The van der Waals surface area contributed by atoms with Gasteiger partial charge in [-0.15, -0.1) is 0 Å². The highest BCUT2D eigenvalue weighted by atomic mass is 16.5. The summed E-state index contributed by atoms with van der Waals surface area (Å²) in [6.07, 6.45) is 1.90. The van der Waals surface area contributed by atoms with E-state index in [0.717, 1.165) is 40.6 Å². The van der Waals surface area contributed by atoms with Crippen LogP contribution >= 0.6 is 0 Å². The van der Waals surface area contributed by atoms with Crippen molar-refractivity contribution in [2.75, 3.05) is 33.4 Å². The van der Waals surface area contributed by atoms with E-state index >= 15 is 0 Å². The standard InChI is InChI=1S/C30H35N3O5/c1-18(2)38-24-12-11-19(14-25(24)36-4)22-16-33-26(34)17-32(15-20-8-7-13-37-20)29(35)30(33,3)28-27(22)21-9-5-6-10-23(21)31-28/h5-6,9-12,14,18,20,22,31H,7-8,13,15-17H2,1-4H3/t20-,22+,30+/m1/s1. The molecular formula is C30H35N3O5. The van der Waals surface area contributed by atoms with Crippen molar-refractivity contribution < 1.29 is 23.8 Å². The normalized spacial score (nSPS) is 25.2. The smallest absolute Gasteiger partial charge is 0.255 e. The summed E-state index contributed by atoms with van der Waals surface area (Å²) >= 11 is 0. The number of piperazine rings is 1. The lowest BCUT2D eigenvalue weighted by atomic mass is 9.76. The molecule has 0 unspecified atom stereocenters. The molecule has 0 radical (unpaired) electrons. The van der Waals surface area contributed by atoms with Gasteiger partial charge >= 0.3 is 0 Å². The van der Waals surface area contributed by atoms with Crippen LogP contribution in [0.3, 0.4) is 0 Å². The molecule has 6 rings (SSSR count). The maximum atomic E-state index is 14.2.